The summed E-state index contributed by atoms with van der Waals surface area (Å²) in [4.78, 5) is 0. The molecule has 0 unspecified atom stereocenters. The van der Waals surface area contributed by atoms with Gasteiger partial charge in [-0.05, 0) is 36.5 Å². The Hall–Kier alpha value is -0.0100. The number of halogens is 2. The van der Waals surface area contributed by atoms with E-state index in [-0.39, 0.29) is 0 Å². The predicted octanol–water partition coefficient (Wildman–Crippen LogP) is 4.06. The topological polar surface area (TPSA) is 0 Å². The molecule has 0 bridgehead atoms. The highest BCUT2D eigenvalue weighted by Crippen LogP contribution is 2.17. The van der Waals surface area contributed by atoms with E-state index >= 15 is 0 Å². The zero-order valence-corrected chi connectivity index (χ0v) is 10.2. The summed E-state index contributed by atoms with van der Waals surface area (Å²) in [5.41, 5.74) is 4.05. The van der Waals surface area contributed by atoms with Crippen LogP contribution >= 0.6 is 27.5 Å². The fraction of sp³-hybridized carbons (Fsp3) is 0.455. The Labute approximate surface area is 93.4 Å². The number of benzene rings is 1. The van der Waals surface area contributed by atoms with Crippen molar-refractivity contribution in [2.75, 3.05) is 5.33 Å². The Morgan fingerprint density at radius 3 is 2.62 bits per heavy atom. The Morgan fingerprint density at radius 2 is 2.00 bits per heavy atom. The average molecular weight is 262 g/mol. The van der Waals surface area contributed by atoms with Crippen molar-refractivity contribution in [2.24, 2.45) is 0 Å². The molecule has 0 saturated heterocycles. The molecule has 0 radical (unpaired) electrons. The van der Waals surface area contributed by atoms with Crippen LogP contribution in [0.25, 0.3) is 0 Å². The maximum Gasteiger partial charge on any atom is 0.0476 e. The minimum Gasteiger partial charge on any atom is -0.122 e. The fourth-order valence-electron chi connectivity index (χ4n) is 1.41. The van der Waals surface area contributed by atoms with Gasteiger partial charge in [-0.3, -0.25) is 0 Å². The molecule has 0 nitrogen and oxygen atoms in total. The fourth-order valence-corrected chi connectivity index (χ4v) is 1.98. The van der Waals surface area contributed by atoms with E-state index in [9.17, 15) is 0 Å². The zero-order valence-electron chi connectivity index (χ0n) is 7.82. The van der Waals surface area contributed by atoms with E-state index in [2.05, 4.69) is 41.1 Å². The van der Waals surface area contributed by atoms with Gasteiger partial charge >= 0.3 is 0 Å². The van der Waals surface area contributed by atoms with Crippen molar-refractivity contribution in [2.45, 2.75) is 25.6 Å². The van der Waals surface area contributed by atoms with Crippen LogP contribution in [-0.4, -0.2) is 5.33 Å². The molecule has 0 aromatic heterocycles. The van der Waals surface area contributed by atoms with E-state index in [1.165, 1.54) is 23.1 Å². The van der Waals surface area contributed by atoms with Crippen molar-refractivity contribution >= 4 is 27.5 Å². The normalized spacial score (nSPS) is 10.4. The van der Waals surface area contributed by atoms with Crippen LogP contribution < -0.4 is 0 Å². The highest BCUT2D eigenvalue weighted by atomic mass is 79.9. The van der Waals surface area contributed by atoms with E-state index in [1.54, 1.807) is 0 Å². The van der Waals surface area contributed by atoms with Crippen molar-refractivity contribution in [3.05, 3.63) is 34.9 Å². The van der Waals surface area contributed by atoms with Crippen LogP contribution in [0, 0.1) is 6.92 Å². The van der Waals surface area contributed by atoms with Gasteiger partial charge < -0.3 is 0 Å². The second kappa shape index (κ2) is 5.66. The average Bonchev–Trinajstić information content (AvgIpc) is 2.16. The van der Waals surface area contributed by atoms with Gasteiger partial charge in [-0.25, -0.2) is 0 Å². The summed E-state index contributed by atoms with van der Waals surface area (Å²) in [6.07, 6.45) is 2.33. The first kappa shape index (κ1) is 11.1. The van der Waals surface area contributed by atoms with E-state index in [1.807, 2.05) is 0 Å². The predicted molar refractivity (Wildman–Crippen MR) is 62.9 cm³/mol. The first-order valence-corrected chi connectivity index (χ1v) is 6.14. The third-order valence-electron chi connectivity index (χ3n) is 2.28. The monoisotopic (exact) mass is 260 g/mol. The van der Waals surface area contributed by atoms with Gasteiger partial charge in [0.2, 0.25) is 0 Å². The summed E-state index contributed by atoms with van der Waals surface area (Å²) in [6.45, 7) is 2.15. The molecule has 0 heterocycles. The molecule has 0 amide bonds. The van der Waals surface area contributed by atoms with E-state index in [4.69, 9.17) is 11.6 Å². The third-order valence-corrected chi connectivity index (χ3v) is 3.13. The zero-order chi connectivity index (χ0) is 9.68. The maximum atomic E-state index is 5.83. The maximum absolute atomic E-state index is 5.83. The highest BCUT2D eigenvalue weighted by Gasteiger charge is 2.01. The lowest BCUT2D eigenvalue weighted by atomic mass is 10.0. The summed E-state index contributed by atoms with van der Waals surface area (Å²) >= 11 is 9.27. The summed E-state index contributed by atoms with van der Waals surface area (Å²) in [5.74, 6) is 0.619. The molecule has 1 rings (SSSR count). The van der Waals surface area contributed by atoms with Gasteiger partial charge in [-0.2, -0.15) is 0 Å². The lowest BCUT2D eigenvalue weighted by molar-refractivity contribution is 0.925. The van der Waals surface area contributed by atoms with Crippen LogP contribution in [-0.2, 0) is 12.3 Å². The molecule has 0 aliphatic carbocycles. The van der Waals surface area contributed by atoms with Crippen LogP contribution in [0.5, 0.6) is 0 Å². The molecule has 1 aromatic rings. The van der Waals surface area contributed by atoms with Gasteiger partial charge in [0.25, 0.3) is 0 Å². The minimum absolute atomic E-state index is 0.619. The molecular formula is C11H14BrCl. The minimum atomic E-state index is 0.619. The van der Waals surface area contributed by atoms with Gasteiger partial charge in [0, 0.05) is 11.2 Å². The SMILES string of the molecule is Cc1c(CCl)cccc1CCCBr. The van der Waals surface area contributed by atoms with Crippen molar-refractivity contribution in [1.29, 1.82) is 0 Å². The van der Waals surface area contributed by atoms with Crippen molar-refractivity contribution in [3.8, 4) is 0 Å². The molecular weight excluding hydrogens is 247 g/mol. The number of alkyl halides is 2. The second-order valence-corrected chi connectivity index (χ2v) is 4.19. The Bertz CT molecular complexity index is 271. The van der Waals surface area contributed by atoms with Crippen LogP contribution in [0.1, 0.15) is 23.1 Å². The number of hydrogen-bond acceptors (Lipinski definition) is 0. The number of rotatable bonds is 4. The molecule has 0 N–H and O–H groups in total. The van der Waals surface area contributed by atoms with Gasteiger partial charge in [0.15, 0.2) is 0 Å². The molecule has 0 aliphatic heterocycles. The molecule has 0 fully saturated rings. The lowest BCUT2D eigenvalue weighted by Gasteiger charge is -2.08. The van der Waals surface area contributed by atoms with E-state index in [0.29, 0.717) is 5.88 Å². The van der Waals surface area contributed by atoms with Gasteiger partial charge in [0.1, 0.15) is 0 Å². The van der Waals surface area contributed by atoms with E-state index in [0.717, 1.165) is 11.8 Å². The van der Waals surface area contributed by atoms with Crippen LogP contribution in [0.4, 0.5) is 0 Å². The van der Waals surface area contributed by atoms with Crippen LogP contribution in [0.2, 0.25) is 0 Å². The van der Waals surface area contributed by atoms with Gasteiger partial charge in [0.05, 0.1) is 0 Å². The first-order chi connectivity index (χ1) is 6.29. The Balaban J connectivity index is 2.81. The molecule has 13 heavy (non-hydrogen) atoms. The van der Waals surface area contributed by atoms with Gasteiger partial charge in [-0.1, -0.05) is 34.1 Å². The highest BCUT2D eigenvalue weighted by molar-refractivity contribution is 9.09. The smallest absolute Gasteiger partial charge is 0.0476 e. The second-order valence-electron chi connectivity index (χ2n) is 3.13. The first-order valence-electron chi connectivity index (χ1n) is 4.49. The molecule has 0 spiro atoms. The summed E-state index contributed by atoms with van der Waals surface area (Å²) in [7, 11) is 0. The third kappa shape index (κ3) is 2.99. The largest absolute Gasteiger partial charge is 0.122 e. The Kier molecular flexibility index (Phi) is 4.82. The lowest BCUT2D eigenvalue weighted by Crippen LogP contribution is -1.94. The molecule has 2 heteroatoms. The quantitative estimate of drug-likeness (QED) is 0.717. The van der Waals surface area contributed by atoms with Gasteiger partial charge in [-0.15, -0.1) is 11.6 Å². The standard InChI is InChI=1S/C11H14BrCl/c1-9-10(6-3-7-12)4-2-5-11(9)8-13/h2,4-5H,3,6-8H2,1H3. The number of aryl methyl sites for hydroxylation is 1. The molecule has 0 saturated carbocycles. The molecule has 0 atom stereocenters. The summed E-state index contributed by atoms with van der Waals surface area (Å²) < 4.78 is 0. The molecule has 72 valence electrons. The van der Waals surface area contributed by atoms with Crippen LogP contribution in [0.15, 0.2) is 18.2 Å². The Morgan fingerprint density at radius 1 is 1.31 bits per heavy atom. The summed E-state index contributed by atoms with van der Waals surface area (Å²) in [5, 5.41) is 1.07. The molecule has 1 aromatic carbocycles. The van der Waals surface area contributed by atoms with Crippen molar-refractivity contribution < 1.29 is 0 Å². The number of hydrogen-bond donors (Lipinski definition) is 0. The van der Waals surface area contributed by atoms with E-state index < -0.39 is 0 Å². The van der Waals surface area contributed by atoms with Crippen molar-refractivity contribution in [3.63, 3.8) is 0 Å². The summed E-state index contributed by atoms with van der Waals surface area (Å²) in [6, 6.07) is 6.38. The van der Waals surface area contributed by atoms with Crippen molar-refractivity contribution in [1.82, 2.24) is 0 Å². The van der Waals surface area contributed by atoms with Crippen LogP contribution in [0.3, 0.4) is 0 Å². The molecule has 0 aliphatic rings.